The lowest BCUT2D eigenvalue weighted by molar-refractivity contribution is 1.43. The van der Waals surface area contributed by atoms with Gasteiger partial charge in [0.15, 0.2) is 0 Å². The molecular weight excluding hydrogens is 259 g/mol. The van der Waals surface area contributed by atoms with Gasteiger partial charge in [-0.1, -0.05) is 84.0 Å². The van der Waals surface area contributed by atoms with Crippen LogP contribution in [0.15, 0.2) is 72.8 Å². The topological polar surface area (TPSA) is 0 Å². The molecule has 0 saturated carbocycles. The second kappa shape index (κ2) is 5.77. The Morgan fingerprint density at radius 1 is 0.650 bits per heavy atom. The van der Waals surface area contributed by atoms with Gasteiger partial charge < -0.3 is 0 Å². The van der Waals surface area contributed by atoms with E-state index in [9.17, 15) is 0 Å². The van der Waals surface area contributed by atoms with E-state index in [1.165, 1.54) is 21.7 Å². The first-order chi connectivity index (χ1) is 9.74. The van der Waals surface area contributed by atoms with Crippen molar-refractivity contribution in [2.75, 3.05) is 0 Å². The molecule has 0 N–H and O–H groups in total. The van der Waals surface area contributed by atoms with Gasteiger partial charge in [0.05, 0.1) is 0 Å². The van der Waals surface area contributed by atoms with Gasteiger partial charge in [-0.3, -0.25) is 0 Å². The quantitative estimate of drug-likeness (QED) is 0.737. The van der Waals surface area contributed by atoms with Crippen LogP contribution in [0.2, 0.25) is 0 Å². The molecule has 0 saturated heterocycles. The molecule has 0 amide bonds. The zero-order valence-corrected chi connectivity index (χ0v) is 12.8. The lowest BCUT2D eigenvalue weighted by Crippen LogP contribution is -2.18. The molecule has 1 aliphatic rings. The Bertz CT molecular complexity index is 575. The molecule has 2 aromatic carbocycles. The summed E-state index contributed by atoms with van der Waals surface area (Å²) in [7, 11) is -0.350. The Hall–Kier alpha value is -1.65. The summed E-state index contributed by atoms with van der Waals surface area (Å²) in [4.78, 5) is 0. The first-order valence-electron chi connectivity index (χ1n) is 7.01. The zero-order valence-electron chi connectivity index (χ0n) is 12.0. The molecule has 1 aliphatic carbocycles. The summed E-state index contributed by atoms with van der Waals surface area (Å²) < 4.78 is 0. The number of benzene rings is 2. The van der Waals surface area contributed by atoms with Crippen molar-refractivity contribution in [2.45, 2.75) is 19.5 Å². The van der Waals surface area contributed by atoms with Crippen molar-refractivity contribution in [3.63, 3.8) is 0 Å². The molecule has 0 heterocycles. The minimum Gasteiger partial charge on any atom is -0.0727 e. The first kappa shape index (κ1) is 13.3. The van der Waals surface area contributed by atoms with Crippen LogP contribution in [0.5, 0.6) is 0 Å². The standard InChI is InChI=1S/C19H19P/c1-15-7-11-18(12-8-15)20(17-5-3-4-6-17)19-13-9-16(2)10-14-19/h3-14,17H,1-2H3. The summed E-state index contributed by atoms with van der Waals surface area (Å²) in [5.41, 5.74) is 3.17. The summed E-state index contributed by atoms with van der Waals surface area (Å²) in [5.74, 6) is 0. The smallest absolute Gasteiger partial charge is 0.0237 e. The highest BCUT2D eigenvalue weighted by Crippen LogP contribution is 2.42. The number of rotatable bonds is 3. The minimum absolute atomic E-state index is 0.350. The molecule has 0 unspecified atom stereocenters. The van der Waals surface area contributed by atoms with E-state index in [1.807, 2.05) is 0 Å². The van der Waals surface area contributed by atoms with E-state index in [2.05, 4.69) is 86.7 Å². The third kappa shape index (κ3) is 2.76. The van der Waals surface area contributed by atoms with Gasteiger partial charge in [-0.15, -0.1) is 0 Å². The fraction of sp³-hybridized carbons (Fsp3) is 0.158. The van der Waals surface area contributed by atoms with Crippen molar-refractivity contribution in [3.8, 4) is 0 Å². The third-order valence-corrected chi connectivity index (χ3v) is 6.30. The molecule has 20 heavy (non-hydrogen) atoms. The molecule has 0 aromatic heterocycles. The highest BCUT2D eigenvalue weighted by atomic mass is 31.1. The van der Waals surface area contributed by atoms with Gasteiger partial charge in [-0.25, -0.2) is 0 Å². The van der Waals surface area contributed by atoms with Crippen LogP contribution < -0.4 is 10.6 Å². The van der Waals surface area contributed by atoms with E-state index in [-0.39, 0.29) is 7.92 Å². The highest BCUT2D eigenvalue weighted by molar-refractivity contribution is 7.74. The molecule has 0 bridgehead atoms. The van der Waals surface area contributed by atoms with E-state index in [0.29, 0.717) is 5.66 Å². The second-order valence-electron chi connectivity index (χ2n) is 5.30. The minimum atomic E-state index is -0.350. The maximum Gasteiger partial charge on any atom is 0.0237 e. The molecule has 0 atom stereocenters. The molecule has 0 radical (unpaired) electrons. The van der Waals surface area contributed by atoms with Crippen molar-refractivity contribution in [1.29, 1.82) is 0 Å². The van der Waals surface area contributed by atoms with E-state index in [0.717, 1.165) is 0 Å². The fourth-order valence-electron chi connectivity index (χ4n) is 2.50. The molecule has 0 spiro atoms. The summed E-state index contributed by atoms with van der Waals surface area (Å²) >= 11 is 0. The molecule has 1 heteroatoms. The summed E-state index contributed by atoms with van der Waals surface area (Å²) in [6.07, 6.45) is 8.99. The molecule has 3 rings (SSSR count). The molecule has 0 nitrogen and oxygen atoms in total. The highest BCUT2D eigenvalue weighted by Gasteiger charge is 2.21. The Labute approximate surface area is 122 Å². The number of aryl methyl sites for hydroxylation is 2. The average Bonchev–Trinajstić information content (AvgIpc) is 2.97. The second-order valence-corrected chi connectivity index (χ2v) is 7.67. The lowest BCUT2D eigenvalue weighted by Gasteiger charge is -2.23. The maximum atomic E-state index is 2.32. The zero-order chi connectivity index (χ0) is 13.9. The Kier molecular flexibility index (Phi) is 3.85. The normalized spacial score (nSPS) is 14.3. The monoisotopic (exact) mass is 278 g/mol. The fourth-order valence-corrected chi connectivity index (χ4v) is 4.97. The Morgan fingerprint density at radius 2 is 1.05 bits per heavy atom. The molecular formula is C19H19P. The van der Waals surface area contributed by atoms with Crippen LogP contribution in [-0.2, 0) is 0 Å². The average molecular weight is 278 g/mol. The number of allylic oxidation sites excluding steroid dienone is 4. The largest absolute Gasteiger partial charge is 0.0727 e. The summed E-state index contributed by atoms with van der Waals surface area (Å²) in [5, 5.41) is 2.91. The van der Waals surface area contributed by atoms with Crippen molar-refractivity contribution in [3.05, 3.63) is 84.0 Å². The van der Waals surface area contributed by atoms with E-state index < -0.39 is 0 Å². The Morgan fingerprint density at radius 3 is 1.45 bits per heavy atom. The Balaban J connectivity index is 2.03. The maximum absolute atomic E-state index is 2.32. The first-order valence-corrected chi connectivity index (χ1v) is 8.43. The van der Waals surface area contributed by atoms with Gasteiger partial charge in [0.25, 0.3) is 0 Å². The van der Waals surface area contributed by atoms with Gasteiger partial charge in [-0.2, -0.15) is 0 Å². The van der Waals surface area contributed by atoms with Crippen LogP contribution >= 0.6 is 7.92 Å². The van der Waals surface area contributed by atoms with Crippen LogP contribution in [0.25, 0.3) is 0 Å². The van der Waals surface area contributed by atoms with E-state index in [1.54, 1.807) is 0 Å². The van der Waals surface area contributed by atoms with Crippen molar-refractivity contribution < 1.29 is 0 Å². The number of hydrogen-bond donors (Lipinski definition) is 0. The molecule has 0 fully saturated rings. The third-order valence-electron chi connectivity index (χ3n) is 3.65. The molecule has 0 aliphatic heterocycles. The van der Waals surface area contributed by atoms with Crippen molar-refractivity contribution >= 4 is 18.5 Å². The van der Waals surface area contributed by atoms with Gasteiger partial charge in [0.1, 0.15) is 0 Å². The van der Waals surface area contributed by atoms with Crippen LogP contribution in [0.3, 0.4) is 0 Å². The molecule has 100 valence electrons. The van der Waals surface area contributed by atoms with Crippen LogP contribution in [0.4, 0.5) is 0 Å². The lowest BCUT2D eigenvalue weighted by atomic mass is 10.2. The van der Waals surface area contributed by atoms with Crippen LogP contribution in [-0.4, -0.2) is 5.66 Å². The van der Waals surface area contributed by atoms with Gasteiger partial charge in [0.2, 0.25) is 0 Å². The predicted octanol–water partition coefficient (Wildman–Crippen LogP) is 4.23. The molecule has 2 aromatic rings. The van der Waals surface area contributed by atoms with Crippen LogP contribution in [0, 0.1) is 13.8 Å². The number of hydrogen-bond acceptors (Lipinski definition) is 0. The summed E-state index contributed by atoms with van der Waals surface area (Å²) in [6.45, 7) is 4.29. The predicted molar refractivity (Wildman–Crippen MR) is 90.6 cm³/mol. The van der Waals surface area contributed by atoms with Gasteiger partial charge >= 0.3 is 0 Å². The van der Waals surface area contributed by atoms with Gasteiger partial charge in [0, 0.05) is 5.66 Å². The SMILES string of the molecule is Cc1ccc(P(c2ccc(C)cc2)C2C=CC=C2)cc1. The summed E-state index contributed by atoms with van der Waals surface area (Å²) in [6, 6.07) is 18.1. The van der Waals surface area contributed by atoms with Crippen LogP contribution in [0.1, 0.15) is 11.1 Å². The van der Waals surface area contributed by atoms with E-state index in [4.69, 9.17) is 0 Å². The van der Waals surface area contributed by atoms with Crippen molar-refractivity contribution in [2.24, 2.45) is 0 Å². The van der Waals surface area contributed by atoms with Gasteiger partial charge in [-0.05, 0) is 32.4 Å². The van der Waals surface area contributed by atoms with E-state index >= 15 is 0 Å². The van der Waals surface area contributed by atoms with Crippen molar-refractivity contribution in [1.82, 2.24) is 0 Å².